The van der Waals surface area contributed by atoms with Crippen LogP contribution in [0.2, 0.25) is 0 Å². The summed E-state index contributed by atoms with van der Waals surface area (Å²) in [4.78, 5) is 24.0. The molecule has 2 unspecified atom stereocenters. The maximum Gasteiger partial charge on any atom is 0.270 e. The van der Waals surface area contributed by atoms with Crippen molar-refractivity contribution in [1.82, 2.24) is 10.2 Å². The largest absolute Gasteiger partial charge is 0.338 e. The molecule has 7 heteroatoms. The molecule has 106 valence electrons. The van der Waals surface area contributed by atoms with Crippen LogP contribution in [0.15, 0.2) is 18.2 Å². The summed E-state index contributed by atoms with van der Waals surface area (Å²) < 4.78 is 13.7. The topological polar surface area (TPSA) is 75.5 Å². The molecule has 0 bridgehead atoms. The van der Waals surface area contributed by atoms with Gasteiger partial charge in [0.05, 0.1) is 10.5 Å². The lowest BCUT2D eigenvalue weighted by Gasteiger charge is -2.17. The van der Waals surface area contributed by atoms with E-state index in [0.29, 0.717) is 24.9 Å². The van der Waals surface area contributed by atoms with Crippen molar-refractivity contribution in [3.05, 3.63) is 39.7 Å². The van der Waals surface area contributed by atoms with Gasteiger partial charge in [0.15, 0.2) is 0 Å². The van der Waals surface area contributed by atoms with Crippen LogP contribution in [0.3, 0.4) is 0 Å². The van der Waals surface area contributed by atoms with Gasteiger partial charge in [0, 0.05) is 38.3 Å². The fourth-order valence-electron chi connectivity index (χ4n) is 2.98. The molecule has 3 rings (SSSR count). The van der Waals surface area contributed by atoms with Crippen molar-refractivity contribution in [2.45, 2.75) is 0 Å². The Labute approximate surface area is 114 Å². The number of amides is 1. The van der Waals surface area contributed by atoms with Crippen molar-refractivity contribution in [3.63, 3.8) is 0 Å². The molecule has 0 aliphatic carbocycles. The fraction of sp³-hybridized carbons (Fsp3) is 0.462. The van der Waals surface area contributed by atoms with Gasteiger partial charge in [-0.3, -0.25) is 14.9 Å². The zero-order chi connectivity index (χ0) is 14.3. The molecule has 2 aliphatic heterocycles. The van der Waals surface area contributed by atoms with E-state index in [0.717, 1.165) is 31.3 Å². The second kappa shape index (κ2) is 4.82. The summed E-state index contributed by atoms with van der Waals surface area (Å²) in [6.45, 7) is 2.90. The Hall–Kier alpha value is -2.02. The van der Waals surface area contributed by atoms with Crippen LogP contribution in [0.25, 0.3) is 0 Å². The number of nitro benzene ring substituents is 1. The van der Waals surface area contributed by atoms with Gasteiger partial charge in [0.1, 0.15) is 5.82 Å². The molecule has 1 aromatic carbocycles. The van der Waals surface area contributed by atoms with E-state index in [4.69, 9.17) is 0 Å². The van der Waals surface area contributed by atoms with E-state index in [1.165, 1.54) is 0 Å². The molecule has 0 saturated carbocycles. The van der Waals surface area contributed by atoms with Crippen molar-refractivity contribution in [3.8, 4) is 0 Å². The molecule has 0 spiro atoms. The summed E-state index contributed by atoms with van der Waals surface area (Å²) >= 11 is 0. The third-order valence-corrected chi connectivity index (χ3v) is 4.07. The monoisotopic (exact) mass is 279 g/mol. The SMILES string of the molecule is O=C(c1cc([N+](=O)[O-])ccc1F)N1CC2CNCC2C1. The Balaban J connectivity index is 1.84. The van der Waals surface area contributed by atoms with Gasteiger partial charge in [0.25, 0.3) is 11.6 Å². The molecule has 1 N–H and O–H groups in total. The van der Waals surface area contributed by atoms with Crippen LogP contribution in [0.1, 0.15) is 10.4 Å². The third-order valence-electron chi connectivity index (χ3n) is 4.07. The summed E-state index contributed by atoms with van der Waals surface area (Å²) in [5.41, 5.74) is -0.483. The molecular weight excluding hydrogens is 265 g/mol. The number of carbonyl (C=O) groups is 1. The van der Waals surface area contributed by atoms with Crippen molar-refractivity contribution in [2.24, 2.45) is 11.8 Å². The molecule has 1 aromatic rings. The zero-order valence-corrected chi connectivity index (χ0v) is 10.7. The molecule has 6 nitrogen and oxygen atoms in total. The van der Waals surface area contributed by atoms with Gasteiger partial charge in [-0.05, 0) is 17.9 Å². The molecule has 20 heavy (non-hydrogen) atoms. The first-order valence-corrected chi connectivity index (χ1v) is 6.50. The number of hydrogen-bond donors (Lipinski definition) is 1. The zero-order valence-electron chi connectivity index (χ0n) is 10.7. The van der Waals surface area contributed by atoms with Crippen molar-refractivity contribution >= 4 is 11.6 Å². The highest BCUT2D eigenvalue weighted by Crippen LogP contribution is 2.28. The standard InChI is InChI=1S/C13H14FN3O3/c14-12-2-1-10(17(19)20)3-11(12)13(18)16-6-8-4-15-5-9(8)7-16/h1-3,8-9,15H,4-7H2. The van der Waals surface area contributed by atoms with Gasteiger partial charge < -0.3 is 10.2 Å². The number of rotatable bonds is 2. The number of hydrogen-bond acceptors (Lipinski definition) is 4. The second-order valence-electron chi connectivity index (χ2n) is 5.31. The third kappa shape index (κ3) is 2.14. The quantitative estimate of drug-likeness (QED) is 0.648. The lowest BCUT2D eigenvalue weighted by atomic mass is 10.0. The highest BCUT2D eigenvalue weighted by atomic mass is 19.1. The normalized spacial score (nSPS) is 24.8. The predicted octanol–water partition coefficient (Wildman–Crippen LogP) is 1.03. The Morgan fingerprint density at radius 1 is 1.35 bits per heavy atom. The van der Waals surface area contributed by atoms with Crippen LogP contribution in [-0.4, -0.2) is 41.9 Å². The lowest BCUT2D eigenvalue weighted by Crippen LogP contribution is -2.32. The van der Waals surface area contributed by atoms with E-state index >= 15 is 0 Å². The minimum absolute atomic E-state index is 0.216. The van der Waals surface area contributed by atoms with Gasteiger partial charge in [-0.2, -0.15) is 0 Å². The number of non-ortho nitro benzene ring substituents is 1. The number of halogens is 1. The minimum atomic E-state index is -0.712. The average Bonchev–Trinajstić information content (AvgIpc) is 2.98. The molecule has 2 heterocycles. The average molecular weight is 279 g/mol. The molecule has 0 aromatic heterocycles. The summed E-state index contributed by atoms with van der Waals surface area (Å²) in [6.07, 6.45) is 0. The smallest absolute Gasteiger partial charge is 0.270 e. The van der Waals surface area contributed by atoms with Crippen LogP contribution in [-0.2, 0) is 0 Å². The maximum atomic E-state index is 13.7. The molecule has 2 atom stereocenters. The van der Waals surface area contributed by atoms with Crippen LogP contribution in [0.5, 0.6) is 0 Å². The van der Waals surface area contributed by atoms with Gasteiger partial charge in [-0.1, -0.05) is 0 Å². The Morgan fingerprint density at radius 2 is 2.00 bits per heavy atom. The molecule has 2 aliphatic rings. The summed E-state index contributed by atoms with van der Waals surface area (Å²) in [7, 11) is 0. The van der Waals surface area contributed by atoms with Gasteiger partial charge >= 0.3 is 0 Å². The Kier molecular flexibility index (Phi) is 3.13. The van der Waals surface area contributed by atoms with E-state index in [9.17, 15) is 19.3 Å². The van der Waals surface area contributed by atoms with E-state index in [2.05, 4.69) is 5.32 Å². The molecular formula is C13H14FN3O3. The molecule has 2 fully saturated rings. The molecule has 1 amide bonds. The Bertz CT molecular complexity index is 566. The van der Waals surface area contributed by atoms with Crippen LogP contribution < -0.4 is 5.32 Å². The number of fused-ring (bicyclic) bond motifs is 1. The van der Waals surface area contributed by atoms with Crippen molar-refractivity contribution in [1.29, 1.82) is 0 Å². The number of nitrogens with one attached hydrogen (secondary N) is 1. The number of carbonyl (C=O) groups excluding carboxylic acids is 1. The first-order valence-electron chi connectivity index (χ1n) is 6.50. The highest BCUT2D eigenvalue weighted by molar-refractivity contribution is 5.95. The number of likely N-dealkylation sites (tertiary alicyclic amines) is 1. The summed E-state index contributed by atoms with van der Waals surface area (Å²) in [5, 5.41) is 14.0. The number of nitro groups is 1. The van der Waals surface area contributed by atoms with Crippen molar-refractivity contribution in [2.75, 3.05) is 26.2 Å². The second-order valence-corrected chi connectivity index (χ2v) is 5.31. The number of nitrogens with zero attached hydrogens (tertiary/aromatic N) is 2. The lowest BCUT2D eigenvalue weighted by molar-refractivity contribution is -0.384. The minimum Gasteiger partial charge on any atom is -0.338 e. The fourth-order valence-corrected chi connectivity index (χ4v) is 2.98. The Morgan fingerprint density at radius 3 is 2.60 bits per heavy atom. The molecule has 2 saturated heterocycles. The van der Waals surface area contributed by atoms with Crippen LogP contribution >= 0.6 is 0 Å². The van der Waals surface area contributed by atoms with E-state index in [1.54, 1.807) is 4.90 Å². The van der Waals surface area contributed by atoms with E-state index in [1.807, 2.05) is 0 Å². The van der Waals surface area contributed by atoms with Crippen LogP contribution in [0.4, 0.5) is 10.1 Å². The predicted molar refractivity (Wildman–Crippen MR) is 68.8 cm³/mol. The van der Waals surface area contributed by atoms with Crippen molar-refractivity contribution < 1.29 is 14.1 Å². The first-order chi connectivity index (χ1) is 9.56. The van der Waals surface area contributed by atoms with Crippen LogP contribution in [0, 0.1) is 27.8 Å². The summed E-state index contributed by atoms with van der Waals surface area (Å²) in [5.74, 6) is -0.363. The highest BCUT2D eigenvalue weighted by Gasteiger charge is 2.38. The van der Waals surface area contributed by atoms with E-state index in [-0.39, 0.29) is 11.3 Å². The first kappa shape index (κ1) is 13.0. The van der Waals surface area contributed by atoms with Gasteiger partial charge in [-0.25, -0.2) is 4.39 Å². The maximum absolute atomic E-state index is 13.7. The van der Waals surface area contributed by atoms with Gasteiger partial charge in [0.2, 0.25) is 0 Å². The van der Waals surface area contributed by atoms with Gasteiger partial charge in [-0.15, -0.1) is 0 Å². The number of benzene rings is 1. The van der Waals surface area contributed by atoms with E-state index < -0.39 is 16.6 Å². The molecule has 0 radical (unpaired) electrons. The summed E-state index contributed by atoms with van der Waals surface area (Å²) in [6, 6.07) is 3.06.